The third-order valence-corrected chi connectivity index (χ3v) is 25.2. The van der Waals surface area contributed by atoms with E-state index in [0.29, 0.717) is 17.8 Å². The van der Waals surface area contributed by atoms with E-state index in [1.807, 2.05) is 120 Å². The number of aromatic nitrogens is 3. The summed E-state index contributed by atoms with van der Waals surface area (Å²) in [6.07, 6.45) is 20.4. The molecule has 12 rings (SSSR count). The minimum atomic E-state index is 0. The summed E-state index contributed by atoms with van der Waals surface area (Å²) in [5, 5.41) is 32.3. The Labute approximate surface area is 845 Å². The maximum Gasteiger partial charge on any atom is 0.162 e. The maximum absolute atomic E-state index is 11.7. The van der Waals surface area contributed by atoms with Gasteiger partial charge < -0.3 is 43.5 Å². The van der Waals surface area contributed by atoms with Gasteiger partial charge in [-0.05, 0) is 199 Å². The third kappa shape index (κ3) is 33.4. The third-order valence-electron chi connectivity index (χ3n) is 25.2. The second-order valence-corrected chi connectivity index (χ2v) is 38.6. The zero-order chi connectivity index (χ0) is 97.1. The minimum Gasteiger partial charge on any atom is -0.512 e. The summed E-state index contributed by atoms with van der Waals surface area (Å²) in [6, 6.07) is 57.3. The Kier molecular flexibility index (Phi) is 48.5. The molecule has 15 heteroatoms. The van der Waals surface area contributed by atoms with Gasteiger partial charge in [0, 0.05) is 165 Å². The molecule has 0 atom stereocenters. The van der Waals surface area contributed by atoms with Crippen LogP contribution < -0.4 is 0 Å². The van der Waals surface area contributed by atoms with Gasteiger partial charge in [0.05, 0.1) is 17.3 Å². The van der Waals surface area contributed by atoms with Gasteiger partial charge >= 0.3 is 0 Å². The molecule has 0 fully saturated rings. The van der Waals surface area contributed by atoms with E-state index < -0.39 is 0 Å². The van der Waals surface area contributed by atoms with E-state index in [9.17, 15) is 29.7 Å². The molecule has 3 radical (unpaired) electrons. The molecule has 0 amide bonds. The molecule has 0 aliphatic heterocycles. The molecule has 729 valence electrons. The Balaban J connectivity index is 0.000000344. The molecule has 0 aliphatic rings. The van der Waals surface area contributed by atoms with Crippen LogP contribution in [0.4, 0.5) is 0 Å². The summed E-state index contributed by atoms with van der Waals surface area (Å²) in [5.41, 5.74) is 25.4. The van der Waals surface area contributed by atoms with E-state index in [1.54, 1.807) is 0 Å². The van der Waals surface area contributed by atoms with Gasteiger partial charge in [-0.3, -0.25) is 14.4 Å². The van der Waals surface area contributed by atoms with Crippen LogP contribution in [0.3, 0.4) is 0 Å². The summed E-state index contributed by atoms with van der Waals surface area (Å²) < 4.78 is 18.9. The van der Waals surface area contributed by atoms with E-state index in [-0.39, 0.29) is 141 Å². The van der Waals surface area contributed by atoms with Crippen molar-refractivity contribution in [2.45, 2.75) is 313 Å². The summed E-state index contributed by atoms with van der Waals surface area (Å²) >= 11 is 0. The van der Waals surface area contributed by atoms with E-state index in [0.717, 1.165) is 189 Å². The van der Waals surface area contributed by atoms with Crippen LogP contribution in [0.25, 0.3) is 101 Å². The Hall–Kier alpha value is -9.03. The number of nitrogens with zero attached hydrogens (tertiary/aromatic N) is 3. The average Bonchev–Trinajstić information content (AvgIpc) is 1.69. The van der Waals surface area contributed by atoms with Crippen LogP contribution in [0.1, 0.15) is 322 Å². The predicted octanol–water partition coefficient (Wildman–Crippen LogP) is 34.3. The first-order chi connectivity index (χ1) is 62.0. The normalized spacial score (nSPS) is 11.9. The van der Waals surface area contributed by atoms with Crippen LogP contribution in [-0.4, -0.2) is 47.6 Å². The number of aryl methyl sites for hydroxylation is 6. The first kappa shape index (κ1) is 117. The summed E-state index contributed by atoms with van der Waals surface area (Å²) in [4.78, 5) is 49.1. The molecule has 0 saturated heterocycles. The number of carbonyl (C=O) groups is 3. The maximum atomic E-state index is 11.7. The Morgan fingerprint density at radius 3 is 0.881 bits per heavy atom. The Bertz CT molecular complexity index is 5580. The van der Waals surface area contributed by atoms with Crippen molar-refractivity contribution in [3.05, 3.63) is 267 Å². The molecule has 3 N–H and O–H groups in total. The van der Waals surface area contributed by atoms with Crippen LogP contribution in [0.2, 0.25) is 0 Å². The number of rotatable bonds is 30. The fourth-order valence-corrected chi connectivity index (χ4v) is 16.6. The molecule has 6 heterocycles. The minimum absolute atomic E-state index is 0. The first-order valence-electron chi connectivity index (χ1n) is 48.5. The number of carbonyl (C=O) groups excluding carboxylic acids is 3. The number of ketones is 3. The number of aliphatic hydroxyl groups is 3. The zero-order valence-electron chi connectivity index (χ0n) is 86.0. The Morgan fingerprint density at radius 2 is 0.619 bits per heavy atom. The van der Waals surface area contributed by atoms with Crippen molar-refractivity contribution in [2.75, 3.05) is 0 Å². The molecule has 12 nitrogen and oxygen atoms in total. The SMILES string of the molecule is CCC(CC)C(=O)C=C(O)C(CC)CC.CCC(CC)C(=O)C=C(O)C(CC)CC.CCC(CC)C(=O)C=C(O)C(CC)CC.Cc1[c-]c(-c2cc3oc(-c4c(C(C)C)cccc4C(C)C)cc3cn2)cc(C)c1.Cc1[c-]c(-c2cc3oc(-c4cc(C(C)(C)C)cc(C(C)(C)C)c4)cc3cn2)cc(C)c1.Cc1[c-]c(-c2cc3oc(-c4ccc(C(C)C)cc4)cc3cn2)cc(C)c1.[Ir].[Ir].[Ir]. The van der Waals surface area contributed by atoms with Crippen LogP contribution in [0, 0.1) is 95.2 Å². The van der Waals surface area contributed by atoms with Gasteiger partial charge in [0.15, 0.2) is 17.3 Å². The van der Waals surface area contributed by atoms with Crippen LogP contribution >= 0.6 is 0 Å². The molecule has 0 bridgehead atoms. The van der Waals surface area contributed by atoms with Gasteiger partial charge in [0.2, 0.25) is 0 Å². The number of furan rings is 3. The van der Waals surface area contributed by atoms with Crippen molar-refractivity contribution in [1.29, 1.82) is 0 Å². The zero-order valence-corrected chi connectivity index (χ0v) is 93.2. The number of hydrogen-bond acceptors (Lipinski definition) is 12. The van der Waals surface area contributed by atoms with Crippen molar-refractivity contribution in [3.63, 3.8) is 0 Å². The van der Waals surface area contributed by atoms with Gasteiger partial charge in [-0.2, -0.15) is 0 Å². The number of hydrogen-bond donors (Lipinski definition) is 3. The number of allylic oxidation sites excluding steroid dienone is 6. The molecule has 134 heavy (non-hydrogen) atoms. The number of pyridine rings is 3. The number of aliphatic hydroxyl groups excluding tert-OH is 3. The molecule has 6 aromatic carbocycles. The van der Waals surface area contributed by atoms with Gasteiger partial charge in [0.1, 0.15) is 34.0 Å². The summed E-state index contributed by atoms with van der Waals surface area (Å²) in [6.45, 7) is 63.6. The van der Waals surface area contributed by atoms with Crippen LogP contribution in [-0.2, 0) is 85.5 Å². The average molecular weight is 2350 g/mol. The topological polar surface area (TPSA) is 190 Å². The quantitative estimate of drug-likeness (QED) is 0.0220. The fourth-order valence-electron chi connectivity index (χ4n) is 16.6. The molecule has 0 saturated carbocycles. The van der Waals surface area contributed by atoms with E-state index in [4.69, 9.17) is 18.2 Å². The molecule has 0 unspecified atom stereocenters. The Morgan fingerprint density at radius 1 is 0.343 bits per heavy atom. The largest absolute Gasteiger partial charge is 0.512 e. The van der Waals surface area contributed by atoms with Crippen molar-refractivity contribution >= 4 is 50.3 Å². The number of benzene rings is 6. The summed E-state index contributed by atoms with van der Waals surface area (Å²) in [7, 11) is 0. The van der Waals surface area contributed by atoms with Crippen LogP contribution in [0.5, 0.6) is 0 Å². The van der Waals surface area contributed by atoms with Gasteiger partial charge in [-0.15, -0.1) is 105 Å². The molecular weight excluding hydrogens is 2190 g/mol. The monoisotopic (exact) mass is 2350 g/mol. The second-order valence-electron chi connectivity index (χ2n) is 38.6. The van der Waals surface area contributed by atoms with Crippen molar-refractivity contribution in [2.24, 2.45) is 35.5 Å². The van der Waals surface area contributed by atoms with E-state index in [2.05, 4.69) is 268 Å². The molecule has 12 aromatic rings. The smallest absolute Gasteiger partial charge is 0.162 e. The van der Waals surface area contributed by atoms with E-state index >= 15 is 0 Å². The molecular formula is C119H154Ir3N3O9-3. The van der Waals surface area contributed by atoms with Crippen molar-refractivity contribution in [1.82, 2.24) is 15.0 Å². The van der Waals surface area contributed by atoms with Gasteiger partial charge in [-0.25, -0.2) is 0 Å². The second kappa shape index (κ2) is 55.4. The van der Waals surface area contributed by atoms with Gasteiger partial charge in [0.25, 0.3) is 0 Å². The van der Waals surface area contributed by atoms with E-state index in [1.165, 1.54) is 68.3 Å². The molecule has 0 aliphatic carbocycles. The van der Waals surface area contributed by atoms with Crippen molar-refractivity contribution in [3.8, 4) is 67.7 Å². The number of fused-ring (bicyclic) bond motifs is 3. The summed E-state index contributed by atoms with van der Waals surface area (Å²) in [5.74, 6) is 5.71. The molecule has 6 aromatic heterocycles. The standard InChI is InChI=1S/C29H32NO.C27H28NO.C24H22NO.3C13H24O2.3Ir/c1-18-9-19(2)11-20(10-18)25-16-27-22(17-30-25)14-26(31-27)21-12-23(28(3,4)5)15-24(13-21)29(6,7)8;1-16(2)22-8-7-9-23(17(3)4)27(22)26-13-21-15-28-24(14-25(21)29-26)20-11-18(5)10-19(6)12-20;1-15(2)18-5-7-19(8-6-18)23-12-21-14-25-22(13-24(21)26-23)20-10-16(3)9-17(4)11-20;3*1-5-10(6-2)12(14)9-13(15)11(7-3)8-4;;;/h9-10,12-17H,1-8H3;7-11,13-17H,1-6H3;5-10,12-15H,1-4H3;3*9-11,14H,5-8H2,1-4H3;;;/q3*-1;;;;;;. The predicted molar refractivity (Wildman–Crippen MR) is 551 cm³/mol. The molecule has 0 spiro atoms. The van der Waals surface area contributed by atoms with Crippen LogP contribution in [0.15, 0.2) is 201 Å². The van der Waals surface area contributed by atoms with Gasteiger partial charge in [-0.1, -0.05) is 256 Å². The fraction of sp³-hybridized carbons (Fsp3) is 0.445. The van der Waals surface area contributed by atoms with Crippen molar-refractivity contribution < 1.29 is 103 Å². The first-order valence-corrected chi connectivity index (χ1v) is 48.5.